The Labute approximate surface area is 271 Å². The van der Waals surface area contributed by atoms with E-state index in [1.165, 1.54) is 99.9 Å². The zero-order chi connectivity index (χ0) is 30.9. The molecule has 0 amide bonds. The number of esters is 1. The van der Waals surface area contributed by atoms with E-state index < -0.39 is 0 Å². The molecule has 5 aliphatic carbocycles. The topological polar surface area (TPSA) is 26.3 Å². The first-order valence-electron chi connectivity index (χ1n) is 17.3. The van der Waals surface area contributed by atoms with Gasteiger partial charge in [0.2, 0.25) is 0 Å². The van der Waals surface area contributed by atoms with Gasteiger partial charge < -0.3 is 4.74 Å². The van der Waals surface area contributed by atoms with Crippen molar-refractivity contribution in [2.75, 3.05) is 7.11 Å². The van der Waals surface area contributed by atoms with Gasteiger partial charge in [0, 0.05) is 22.7 Å². The van der Waals surface area contributed by atoms with Crippen LogP contribution in [0.1, 0.15) is 70.7 Å². The first kappa shape index (κ1) is 24.3. The van der Waals surface area contributed by atoms with Gasteiger partial charge in [-0.2, -0.15) is 0 Å². The van der Waals surface area contributed by atoms with Gasteiger partial charge >= 0.3 is 5.97 Å². The Morgan fingerprint density at radius 2 is 1.47 bits per heavy atom. The Kier molecular flexibility index (Phi) is 3.61. The lowest BCUT2D eigenvalue weighted by Crippen LogP contribution is -2.26. The number of rotatable bonds is 5. The van der Waals surface area contributed by atoms with Gasteiger partial charge in [-0.25, -0.2) is 0 Å². The van der Waals surface area contributed by atoms with Crippen molar-refractivity contribution in [1.82, 2.24) is 0 Å². The molecule has 5 aliphatic rings. The molecule has 13 rings (SSSR count). The Balaban J connectivity index is 1.32. The molecule has 3 atom stereocenters. The van der Waals surface area contributed by atoms with Gasteiger partial charge in [0.25, 0.3) is 0 Å². The summed E-state index contributed by atoms with van der Waals surface area (Å²) in [6, 6.07) is 23.6. The standard InChI is InChI=1S/C45H30O2/c1-21-16-23-11-12-24-17-26-19-27-18-25-13-15-43-20-22(2)31-30(21)36-32(23)33(24)37-34(26)35(27)39-40(38(36)37)42(31)45(43,41(25)39)44(43,14-7-10-29(46)47-3)28-8-5-4-6-9-28/h4-6,8-9,11-13,15-18,20H,7,10,14,19H2,1-3H3. The summed E-state index contributed by atoms with van der Waals surface area (Å²) >= 11 is 0. The molecule has 222 valence electrons. The van der Waals surface area contributed by atoms with E-state index >= 15 is 0 Å². The normalized spacial score (nSPS) is 25.5. The number of allylic oxidation sites excluding steroid dienone is 3. The quantitative estimate of drug-likeness (QED) is 0.145. The fourth-order valence-electron chi connectivity index (χ4n) is 12.9. The van der Waals surface area contributed by atoms with Crippen LogP contribution in [0.2, 0.25) is 0 Å². The van der Waals surface area contributed by atoms with Gasteiger partial charge in [0.15, 0.2) is 0 Å². The summed E-state index contributed by atoms with van der Waals surface area (Å²) in [4.78, 5) is 12.6. The van der Waals surface area contributed by atoms with Crippen LogP contribution in [0.3, 0.4) is 0 Å². The molecule has 0 saturated heterocycles. The van der Waals surface area contributed by atoms with Gasteiger partial charge in [0.05, 0.1) is 7.11 Å². The van der Waals surface area contributed by atoms with Crippen LogP contribution in [0.15, 0.2) is 72.8 Å². The van der Waals surface area contributed by atoms with Crippen LogP contribution in [0.5, 0.6) is 0 Å². The Hall–Kier alpha value is -4.95. The fraction of sp³-hybridized carbons (Fsp3) is 0.222. The van der Waals surface area contributed by atoms with Crippen LogP contribution in [-0.4, -0.2) is 13.1 Å². The minimum atomic E-state index is -0.221. The number of hydrogen-bond acceptors (Lipinski definition) is 2. The van der Waals surface area contributed by atoms with Crippen molar-refractivity contribution in [2.45, 2.75) is 50.4 Å². The third kappa shape index (κ3) is 2.04. The van der Waals surface area contributed by atoms with Crippen LogP contribution in [0.4, 0.5) is 0 Å². The summed E-state index contributed by atoms with van der Waals surface area (Å²) in [7, 11) is 1.52. The van der Waals surface area contributed by atoms with Crippen molar-refractivity contribution in [1.29, 1.82) is 0 Å². The minimum Gasteiger partial charge on any atom is -0.469 e. The van der Waals surface area contributed by atoms with Crippen LogP contribution in [0.25, 0.3) is 76.3 Å². The first-order valence-corrected chi connectivity index (χ1v) is 17.3. The van der Waals surface area contributed by atoms with Crippen molar-refractivity contribution < 1.29 is 9.53 Å². The summed E-state index contributed by atoms with van der Waals surface area (Å²) in [5.74, 6) is -0.117. The zero-order valence-corrected chi connectivity index (χ0v) is 26.7. The molecule has 0 bridgehead atoms. The predicted octanol–water partition coefficient (Wildman–Crippen LogP) is 10.5. The molecule has 8 aromatic rings. The highest BCUT2D eigenvalue weighted by atomic mass is 16.5. The molecular formula is C45H30O2. The van der Waals surface area contributed by atoms with Crippen molar-refractivity contribution >= 4 is 82.3 Å². The Morgan fingerprint density at radius 3 is 2.28 bits per heavy atom. The van der Waals surface area contributed by atoms with Gasteiger partial charge in [0.1, 0.15) is 0 Å². The largest absolute Gasteiger partial charge is 0.469 e. The van der Waals surface area contributed by atoms with Crippen molar-refractivity contribution in [3.8, 4) is 0 Å². The van der Waals surface area contributed by atoms with E-state index in [9.17, 15) is 4.79 Å². The molecule has 1 fully saturated rings. The van der Waals surface area contributed by atoms with Gasteiger partial charge in [-0.3, -0.25) is 4.79 Å². The summed E-state index contributed by atoms with van der Waals surface area (Å²) in [6.45, 7) is 4.74. The second kappa shape index (κ2) is 6.99. The van der Waals surface area contributed by atoms with Gasteiger partial charge in [-0.05, 0) is 148 Å². The highest BCUT2D eigenvalue weighted by Crippen LogP contribution is 2.90. The maximum Gasteiger partial charge on any atom is 0.305 e. The number of aryl methyl sites for hydroxylation is 1. The fourth-order valence-corrected chi connectivity index (χ4v) is 12.9. The maximum atomic E-state index is 12.6. The molecule has 2 nitrogen and oxygen atoms in total. The van der Waals surface area contributed by atoms with Crippen molar-refractivity contribution in [2.24, 2.45) is 5.41 Å². The molecule has 2 heteroatoms. The monoisotopic (exact) mass is 602 g/mol. The van der Waals surface area contributed by atoms with Gasteiger partial charge in [-0.15, -0.1) is 0 Å². The number of methoxy groups -OCH3 is 1. The molecule has 47 heavy (non-hydrogen) atoms. The van der Waals surface area contributed by atoms with E-state index in [1.54, 1.807) is 21.9 Å². The number of carbonyl (C=O) groups is 1. The number of ether oxygens (including phenoxy) is 1. The minimum absolute atomic E-state index is 0.117. The number of hydrogen-bond donors (Lipinski definition) is 0. The van der Waals surface area contributed by atoms with Crippen LogP contribution in [0, 0.1) is 12.3 Å². The Morgan fingerprint density at radius 1 is 0.766 bits per heavy atom. The summed E-state index contributed by atoms with van der Waals surface area (Å²) < 4.78 is 5.18. The average Bonchev–Trinajstić information content (AvgIpc) is 3.42. The van der Waals surface area contributed by atoms with Crippen LogP contribution in [-0.2, 0) is 26.8 Å². The molecule has 8 aromatic carbocycles. The first-order chi connectivity index (χ1) is 23.0. The highest BCUT2D eigenvalue weighted by molar-refractivity contribution is 6.51. The van der Waals surface area contributed by atoms with E-state index in [0.717, 1.165) is 19.3 Å². The van der Waals surface area contributed by atoms with Crippen LogP contribution >= 0.6 is 0 Å². The SMILES string of the molecule is COC(=O)CCCC1(c2ccccc2)C23C=Cc4cc5c6c7c4C21c1c(c2c(C)cc4ccc8cc(c6c6c8c4c2c6c17)C5)C(C)=C3. The second-order valence-corrected chi connectivity index (χ2v) is 15.4. The summed E-state index contributed by atoms with van der Waals surface area (Å²) in [6.07, 6.45) is 10.9. The van der Waals surface area contributed by atoms with Crippen molar-refractivity contribution in [3.63, 3.8) is 0 Å². The van der Waals surface area contributed by atoms with E-state index in [0.29, 0.717) is 6.42 Å². The molecule has 1 spiro atoms. The lowest BCUT2D eigenvalue weighted by Gasteiger charge is -2.32. The van der Waals surface area contributed by atoms with Crippen molar-refractivity contribution in [3.05, 3.63) is 117 Å². The summed E-state index contributed by atoms with van der Waals surface area (Å²) in [5, 5.41) is 17.9. The third-order valence-electron chi connectivity index (χ3n) is 14.0. The van der Waals surface area contributed by atoms with Gasteiger partial charge in [-0.1, -0.05) is 78.9 Å². The van der Waals surface area contributed by atoms with E-state index in [-0.39, 0.29) is 22.2 Å². The molecular weight excluding hydrogens is 572 g/mol. The number of carbonyl (C=O) groups excluding carboxylic acids is 1. The molecule has 0 aliphatic heterocycles. The summed E-state index contributed by atoms with van der Waals surface area (Å²) in [5.41, 5.74) is 12.6. The maximum absolute atomic E-state index is 12.6. The molecule has 0 N–H and O–H groups in total. The molecule has 1 saturated carbocycles. The van der Waals surface area contributed by atoms with Crippen LogP contribution < -0.4 is 0 Å². The van der Waals surface area contributed by atoms with E-state index in [2.05, 4.69) is 92.7 Å². The lowest BCUT2D eigenvalue weighted by atomic mass is 9.69. The Bertz CT molecular complexity index is 2920. The molecule has 3 unspecified atom stereocenters. The number of benzene rings is 7. The molecule has 0 radical (unpaired) electrons. The highest BCUT2D eigenvalue weighted by Gasteiger charge is 2.89. The van der Waals surface area contributed by atoms with E-state index in [4.69, 9.17) is 4.74 Å². The predicted molar refractivity (Wildman–Crippen MR) is 192 cm³/mol. The smallest absolute Gasteiger partial charge is 0.305 e. The molecule has 0 heterocycles. The average molecular weight is 603 g/mol. The zero-order valence-electron chi connectivity index (χ0n) is 26.7. The molecule has 0 aromatic heterocycles. The number of fused-ring (bicyclic) bond motifs is 1. The second-order valence-electron chi connectivity index (χ2n) is 15.4. The lowest BCUT2D eigenvalue weighted by molar-refractivity contribution is -0.140. The third-order valence-corrected chi connectivity index (χ3v) is 14.0. The van der Waals surface area contributed by atoms with E-state index in [1.807, 2.05) is 0 Å².